The van der Waals surface area contributed by atoms with E-state index in [-0.39, 0.29) is 11.6 Å². The lowest BCUT2D eigenvalue weighted by molar-refractivity contribution is 0.178. The summed E-state index contributed by atoms with van der Waals surface area (Å²) in [7, 11) is 1.73. The lowest BCUT2D eigenvalue weighted by Crippen LogP contribution is -2.23. The second-order valence-electron chi connectivity index (χ2n) is 6.99. The maximum atomic E-state index is 14.5. The molecule has 2 N–H and O–H groups in total. The van der Waals surface area contributed by atoms with Crippen LogP contribution < -0.4 is 5.73 Å². The highest BCUT2D eigenvalue weighted by Crippen LogP contribution is 2.36. The monoisotopic (exact) mass is 448 g/mol. The first-order chi connectivity index (χ1) is 13.6. The third-order valence-electron chi connectivity index (χ3n) is 5.17. The van der Waals surface area contributed by atoms with Gasteiger partial charge in [-0.05, 0) is 34.8 Å². The van der Waals surface area contributed by atoms with Gasteiger partial charge in [0.05, 0.1) is 17.9 Å². The van der Waals surface area contributed by atoms with Crippen molar-refractivity contribution in [1.82, 2.24) is 24.4 Å². The summed E-state index contributed by atoms with van der Waals surface area (Å²) in [5.74, 6) is -0.440. The van der Waals surface area contributed by atoms with Gasteiger partial charge in [-0.3, -0.25) is 0 Å². The highest BCUT2D eigenvalue weighted by molar-refractivity contribution is 9.10. The molecular formula is C19H22BrFN6O. The SMILES string of the molecule is COCCCN1CCC(n2cc(-c3nc(N)ncc3F)c3cc(Br)ncc32)C1. The van der Waals surface area contributed by atoms with E-state index in [2.05, 4.69) is 40.3 Å². The molecule has 0 saturated carbocycles. The van der Waals surface area contributed by atoms with E-state index in [0.29, 0.717) is 16.2 Å². The van der Waals surface area contributed by atoms with Crippen molar-refractivity contribution in [2.45, 2.75) is 18.9 Å². The standard InChI is InChI=1S/C19H22BrFN6O/c1-28-6-2-4-26-5-3-12(10-26)27-11-14(13-7-17(20)23-9-16(13)27)18-15(21)8-24-19(22)25-18/h7-9,11-12H,2-6,10H2,1H3,(H2,22,24,25). The molecule has 3 aromatic heterocycles. The molecule has 1 unspecified atom stereocenters. The van der Waals surface area contributed by atoms with Crippen molar-refractivity contribution in [3.63, 3.8) is 0 Å². The van der Waals surface area contributed by atoms with Gasteiger partial charge in [-0.25, -0.2) is 19.3 Å². The Hall–Kier alpha value is -2.10. The fourth-order valence-corrected chi connectivity index (χ4v) is 4.19. The second kappa shape index (κ2) is 8.10. The van der Waals surface area contributed by atoms with Crippen LogP contribution in [0.3, 0.4) is 0 Å². The number of pyridine rings is 1. The van der Waals surface area contributed by atoms with Gasteiger partial charge in [-0.15, -0.1) is 0 Å². The third kappa shape index (κ3) is 3.74. The molecule has 7 nitrogen and oxygen atoms in total. The van der Waals surface area contributed by atoms with Gasteiger partial charge in [0, 0.05) is 56.5 Å². The molecule has 1 saturated heterocycles. The number of anilines is 1. The summed E-state index contributed by atoms with van der Waals surface area (Å²) in [6.45, 7) is 3.75. The number of nitrogens with zero attached hydrogens (tertiary/aromatic N) is 5. The summed E-state index contributed by atoms with van der Waals surface area (Å²) in [6.07, 6.45) is 6.94. The van der Waals surface area contributed by atoms with Gasteiger partial charge in [0.15, 0.2) is 5.82 Å². The Balaban J connectivity index is 1.71. The highest BCUT2D eigenvalue weighted by Gasteiger charge is 2.26. The van der Waals surface area contributed by atoms with E-state index < -0.39 is 5.82 Å². The van der Waals surface area contributed by atoms with E-state index in [9.17, 15) is 4.39 Å². The molecule has 0 amide bonds. The number of rotatable bonds is 6. The summed E-state index contributed by atoms with van der Waals surface area (Å²) >= 11 is 3.42. The normalized spacial score (nSPS) is 17.6. The third-order valence-corrected chi connectivity index (χ3v) is 5.60. The zero-order valence-electron chi connectivity index (χ0n) is 15.6. The van der Waals surface area contributed by atoms with Crippen molar-refractivity contribution in [1.29, 1.82) is 0 Å². The fraction of sp³-hybridized carbons (Fsp3) is 0.421. The molecule has 4 rings (SSSR count). The van der Waals surface area contributed by atoms with Crippen LogP contribution >= 0.6 is 15.9 Å². The molecule has 28 heavy (non-hydrogen) atoms. The number of halogens is 2. The molecule has 1 aliphatic rings. The second-order valence-corrected chi connectivity index (χ2v) is 7.80. The average molecular weight is 449 g/mol. The predicted molar refractivity (Wildman–Crippen MR) is 109 cm³/mol. The molecular weight excluding hydrogens is 427 g/mol. The summed E-state index contributed by atoms with van der Waals surface area (Å²) in [5, 5.41) is 0.886. The molecule has 4 heterocycles. The van der Waals surface area contributed by atoms with Crippen molar-refractivity contribution >= 4 is 32.8 Å². The topological polar surface area (TPSA) is 82.1 Å². The summed E-state index contributed by atoms with van der Waals surface area (Å²) in [5.41, 5.74) is 7.58. The first-order valence-corrected chi connectivity index (χ1v) is 10.0. The molecule has 0 aliphatic carbocycles. The molecule has 9 heteroatoms. The van der Waals surface area contributed by atoms with Crippen molar-refractivity contribution in [2.75, 3.05) is 39.1 Å². The minimum absolute atomic E-state index is 0.0515. The van der Waals surface area contributed by atoms with Crippen LogP contribution in [-0.4, -0.2) is 57.8 Å². The van der Waals surface area contributed by atoms with Crippen molar-refractivity contribution < 1.29 is 9.13 Å². The number of aromatic nitrogens is 4. The maximum absolute atomic E-state index is 14.5. The lowest BCUT2D eigenvalue weighted by atomic mass is 10.1. The van der Waals surface area contributed by atoms with Gasteiger partial charge in [-0.1, -0.05) is 0 Å². The van der Waals surface area contributed by atoms with Gasteiger partial charge in [-0.2, -0.15) is 0 Å². The Labute approximate surface area is 170 Å². The smallest absolute Gasteiger partial charge is 0.220 e. The van der Waals surface area contributed by atoms with Crippen molar-refractivity contribution in [2.24, 2.45) is 0 Å². The van der Waals surface area contributed by atoms with Crippen molar-refractivity contribution in [3.8, 4) is 11.3 Å². The van der Waals surface area contributed by atoms with Gasteiger partial charge in [0.2, 0.25) is 5.95 Å². The molecule has 0 aromatic carbocycles. The summed E-state index contributed by atoms with van der Waals surface area (Å²) in [6, 6.07) is 2.19. The molecule has 148 valence electrons. The Kier molecular flexibility index (Phi) is 5.56. The number of nitrogen functional groups attached to an aromatic ring is 1. The van der Waals surface area contributed by atoms with E-state index in [1.165, 1.54) is 0 Å². The number of fused-ring (bicyclic) bond motifs is 1. The first-order valence-electron chi connectivity index (χ1n) is 9.22. The van der Waals surface area contributed by atoms with Crippen LogP contribution in [-0.2, 0) is 4.74 Å². The quantitative estimate of drug-likeness (QED) is 0.460. The van der Waals surface area contributed by atoms with E-state index >= 15 is 0 Å². The number of nitrogens with two attached hydrogens (primary N) is 1. The zero-order chi connectivity index (χ0) is 19.7. The highest BCUT2D eigenvalue weighted by atomic mass is 79.9. The molecule has 1 atom stereocenters. The van der Waals surface area contributed by atoms with E-state index in [0.717, 1.165) is 56.2 Å². The summed E-state index contributed by atoms with van der Waals surface area (Å²) < 4.78 is 22.5. The van der Waals surface area contributed by atoms with E-state index in [4.69, 9.17) is 10.5 Å². The Bertz CT molecular complexity index is 994. The van der Waals surface area contributed by atoms with E-state index in [1.54, 1.807) is 7.11 Å². The van der Waals surface area contributed by atoms with Gasteiger partial charge < -0.3 is 19.9 Å². The van der Waals surface area contributed by atoms with Gasteiger partial charge in [0.1, 0.15) is 10.3 Å². The first kappa shape index (κ1) is 19.2. The number of methoxy groups -OCH3 is 1. The Morgan fingerprint density at radius 1 is 1.36 bits per heavy atom. The molecule has 0 bridgehead atoms. The van der Waals surface area contributed by atoms with Crippen LogP contribution in [0, 0.1) is 5.82 Å². The molecule has 0 radical (unpaired) electrons. The zero-order valence-corrected chi connectivity index (χ0v) is 17.2. The van der Waals surface area contributed by atoms with E-state index in [1.807, 2.05) is 18.5 Å². The number of hydrogen-bond donors (Lipinski definition) is 1. The Morgan fingerprint density at radius 2 is 2.21 bits per heavy atom. The molecule has 3 aromatic rings. The minimum Gasteiger partial charge on any atom is -0.385 e. The van der Waals surface area contributed by atoms with Crippen LogP contribution in [0.15, 0.2) is 29.3 Å². The predicted octanol–water partition coefficient (Wildman–Crippen LogP) is 3.26. The largest absolute Gasteiger partial charge is 0.385 e. The maximum Gasteiger partial charge on any atom is 0.220 e. The Morgan fingerprint density at radius 3 is 3.04 bits per heavy atom. The molecule has 0 spiro atoms. The number of likely N-dealkylation sites (tertiary alicyclic amines) is 1. The fourth-order valence-electron chi connectivity index (χ4n) is 3.86. The van der Waals surface area contributed by atoms with Gasteiger partial charge in [0.25, 0.3) is 0 Å². The van der Waals surface area contributed by atoms with Crippen LogP contribution in [0.1, 0.15) is 18.9 Å². The molecule has 1 fully saturated rings. The average Bonchev–Trinajstić information content (AvgIpc) is 3.28. The van der Waals surface area contributed by atoms with Crippen LogP contribution in [0.5, 0.6) is 0 Å². The number of ether oxygens (including phenoxy) is 1. The van der Waals surface area contributed by atoms with Crippen LogP contribution in [0.4, 0.5) is 10.3 Å². The molecule has 1 aliphatic heterocycles. The van der Waals surface area contributed by atoms with Crippen LogP contribution in [0.2, 0.25) is 0 Å². The van der Waals surface area contributed by atoms with Crippen molar-refractivity contribution in [3.05, 3.63) is 35.1 Å². The number of hydrogen-bond acceptors (Lipinski definition) is 6. The minimum atomic E-state index is -0.492. The lowest BCUT2D eigenvalue weighted by Gasteiger charge is -2.17. The van der Waals surface area contributed by atoms with Gasteiger partial charge >= 0.3 is 0 Å². The van der Waals surface area contributed by atoms with Crippen LogP contribution in [0.25, 0.3) is 22.2 Å². The summed E-state index contributed by atoms with van der Waals surface area (Å²) in [4.78, 5) is 14.7.